The van der Waals surface area contributed by atoms with Crippen molar-refractivity contribution in [1.82, 2.24) is 15.3 Å². The molecule has 3 aromatic rings. The molecule has 0 aliphatic heterocycles. The number of rotatable bonds is 10. The Morgan fingerprint density at radius 2 is 1.89 bits per heavy atom. The molecule has 0 spiro atoms. The zero-order valence-corrected chi connectivity index (χ0v) is 19.9. The number of ether oxygens (including phenoxy) is 1. The fourth-order valence-corrected chi connectivity index (χ4v) is 3.61. The second-order valence-electron chi connectivity index (χ2n) is 8.02. The van der Waals surface area contributed by atoms with E-state index in [9.17, 15) is 4.79 Å². The molecule has 0 fully saturated rings. The van der Waals surface area contributed by atoms with Crippen molar-refractivity contribution in [3.63, 3.8) is 0 Å². The van der Waals surface area contributed by atoms with E-state index in [0.717, 1.165) is 41.2 Å². The number of benzene rings is 2. The third kappa shape index (κ3) is 6.46. The summed E-state index contributed by atoms with van der Waals surface area (Å²) in [6, 6.07) is 13.0. The monoisotopic (exact) mass is 475 g/mol. The van der Waals surface area contributed by atoms with E-state index in [4.69, 9.17) is 19.6 Å². The SMILES string of the molecule is CNCC(=O)Nc1cccc(NONc2nc3c(nc2Nc2cc(C)cc(OC)c2)C=CCC3)c1. The van der Waals surface area contributed by atoms with Crippen molar-refractivity contribution in [3.8, 4) is 5.75 Å². The molecular weight excluding hydrogens is 446 g/mol. The quantitative estimate of drug-likeness (QED) is 0.277. The van der Waals surface area contributed by atoms with Crippen LogP contribution in [0.1, 0.15) is 23.4 Å². The van der Waals surface area contributed by atoms with E-state index in [2.05, 4.69) is 33.0 Å². The first-order valence-corrected chi connectivity index (χ1v) is 11.3. The Labute approximate surface area is 204 Å². The highest BCUT2D eigenvalue weighted by atomic mass is 16.8. The Kier molecular flexibility index (Phi) is 7.76. The third-order valence-electron chi connectivity index (χ3n) is 5.17. The Balaban J connectivity index is 1.50. The summed E-state index contributed by atoms with van der Waals surface area (Å²) >= 11 is 0. The van der Waals surface area contributed by atoms with Crippen LogP contribution in [0, 0.1) is 6.92 Å². The molecule has 0 unspecified atom stereocenters. The molecule has 10 nitrogen and oxygen atoms in total. The molecule has 1 heterocycles. The molecule has 5 N–H and O–H groups in total. The third-order valence-corrected chi connectivity index (χ3v) is 5.17. The van der Waals surface area contributed by atoms with E-state index in [1.54, 1.807) is 26.3 Å². The summed E-state index contributed by atoms with van der Waals surface area (Å²) in [7, 11) is 3.35. The van der Waals surface area contributed by atoms with Crippen LogP contribution >= 0.6 is 0 Å². The number of nitrogens with zero attached hydrogens (tertiary/aromatic N) is 2. The second-order valence-corrected chi connectivity index (χ2v) is 8.02. The molecular formula is C25H29N7O3. The summed E-state index contributed by atoms with van der Waals surface area (Å²) in [4.78, 5) is 26.9. The van der Waals surface area contributed by atoms with Gasteiger partial charge < -0.3 is 20.7 Å². The maximum absolute atomic E-state index is 11.8. The number of likely N-dealkylation sites (N-methyl/N-ethyl adjacent to an activating group) is 1. The summed E-state index contributed by atoms with van der Waals surface area (Å²) in [6.45, 7) is 2.22. The Bertz CT molecular complexity index is 1230. The van der Waals surface area contributed by atoms with Gasteiger partial charge in [0.05, 0.1) is 30.7 Å². The lowest BCUT2D eigenvalue weighted by molar-refractivity contribution is -0.115. The first-order valence-electron chi connectivity index (χ1n) is 11.3. The van der Waals surface area contributed by atoms with E-state index >= 15 is 0 Å². The zero-order valence-electron chi connectivity index (χ0n) is 19.9. The Morgan fingerprint density at radius 3 is 2.71 bits per heavy atom. The van der Waals surface area contributed by atoms with Crippen molar-refractivity contribution in [2.24, 2.45) is 0 Å². The number of aryl methyl sites for hydroxylation is 2. The van der Waals surface area contributed by atoms with Crippen molar-refractivity contribution in [3.05, 3.63) is 65.5 Å². The molecule has 0 radical (unpaired) electrons. The number of fused-ring (bicyclic) bond motifs is 1. The van der Waals surface area contributed by atoms with E-state index in [-0.39, 0.29) is 12.5 Å². The predicted octanol–water partition coefficient (Wildman–Crippen LogP) is 4.03. The highest BCUT2D eigenvalue weighted by Crippen LogP contribution is 2.29. The number of methoxy groups -OCH3 is 1. The largest absolute Gasteiger partial charge is 0.497 e. The number of carbonyl (C=O) groups excluding carboxylic acids is 1. The van der Waals surface area contributed by atoms with Crippen molar-refractivity contribution in [2.45, 2.75) is 19.8 Å². The zero-order chi connectivity index (χ0) is 24.6. The van der Waals surface area contributed by atoms with Gasteiger partial charge in [-0.25, -0.2) is 20.9 Å². The number of carbonyl (C=O) groups is 1. The summed E-state index contributed by atoms with van der Waals surface area (Å²) in [5, 5.41) is 8.94. The molecule has 2 aromatic carbocycles. The number of allylic oxidation sites excluding steroid dienone is 1. The minimum Gasteiger partial charge on any atom is -0.497 e. The van der Waals surface area contributed by atoms with E-state index in [1.807, 2.05) is 43.3 Å². The Morgan fingerprint density at radius 1 is 1.03 bits per heavy atom. The van der Waals surface area contributed by atoms with Crippen molar-refractivity contribution in [1.29, 1.82) is 0 Å². The molecule has 4 rings (SSSR count). The van der Waals surface area contributed by atoms with Gasteiger partial charge in [0.2, 0.25) is 5.91 Å². The lowest BCUT2D eigenvalue weighted by Crippen LogP contribution is -2.25. The number of hydrogen-bond acceptors (Lipinski definition) is 9. The molecule has 0 bridgehead atoms. The summed E-state index contributed by atoms with van der Waals surface area (Å²) in [5.74, 6) is 1.56. The highest BCUT2D eigenvalue weighted by Gasteiger charge is 2.15. The second kappa shape index (κ2) is 11.3. The number of nitrogens with one attached hydrogen (secondary N) is 5. The predicted molar refractivity (Wildman–Crippen MR) is 138 cm³/mol. The molecule has 1 aliphatic carbocycles. The van der Waals surface area contributed by atoms with Crippen LogP contribution in [0.2, 0.25) is 0 Å². The van der Waals surface area contributed by atoms with Crippen LogP contribution in [0.3, 0.4) is 0 Å². The molecule has 0 atom stereocenters. The van der Waals surface area contributed by atoms with Crippen LogP contribution in [0.4, 0.5) is 28.7 Å². The van der Waals surface area contributed by atoms with Crippen molar-refractivity contribution in [2.75, 3.05) is 42.3 Å². The molecule has 1 aromatic heterocycles. The van der Waals surface area contributed by atoms with Crippen molar-refractivity contribution >= 4 is 40.7 Å². The van der Waals surface area contributed by atoms with Gasteiger partial charge in [-0.2, -0.15) is 4.94 Å². The van der Waals surface area contributed by atoms with Gasteiger partial charge in [-0.3, -0.25) is 4.79 Å². The normalized spacial score (nSPS) is 12.0. The van der Waals surface area contributed by atoms with Gasteiger partial charge in [-0.05, 0) is 68.8 Å². The number of anilines is 5. The molecule has 35 heavy (non-hydrogen) atoms. The average Bonchev–Trinajstić information content (AvgIpc) is 2.84. The van der Waals surface area contributed by atoms with Gasteiger partial charge in [0.1, 0.15) is 5.75 Å². The summed E-state index contributed by atoms with van der Waals surface area (Å²) < 4.78 is 5.39. The molecule has 1 amide bonds. The maximum atomic E-state index is 11.8. The van der Waals surface area contributed by atoms with E-state index < -0.39 is 0 Å². The van der Waals surface area contributed by atoms with Gasteiger partial charge in [0.15, 0.2) is 11.6 Å². The van der Waals surface area contributed by atoms with Crippen LogP contribution < -0.4 is 31.6 Å². The average molecular weight is 476 g/mol. The number of amides is 1. The number of aromatic nitrogens is 2. The lowest BCUT2D eigenvalue weighted by atomic mass is 10.1. The van der Waals surface area contributed by atoms with Gasteiger partial charge in [0, 0.05) is 17.4 Å². The van der Waals surface area contributed by atoms with E-state index in [1.165, 1.54) is 0 Å². The number of hydrogen-bond donors (Lipinski definition) is 5. The maximum Gasteiger partial charge on any atom is 0.238 e. The van der Waals surface area contributed by atoms with Gasteiger partial charge in [-0.15, -0.1) is 0 Å². The van der Waals surface area contributed by atoms with Crippen LogP contribution in [0.5, 0.6) is 5.75 Å². The summed E-state index contributed by atoms with van der Waals surface area (Å²) in [6.07, 6.45) is 5.77. The Hall–Kier alpha value is -4.15. The fraction of sp³-hybridized carbons (Fsp3) is 0.240. The minimum absolute atomic E-state index is 0.134. The first kappa shape index (κ1) is 24.0. The summed E-state index contributed by atoms with van der Waals surface area (Å²) in [5.41, 5.74) is 10.6. The fourth-order valence-electron chi connectivity index (χ4n) is 3.61. The van der Waals surface area contributed by atoms with Crippen LogP contribution in [0.25, 0.3) is 6.08 Å². The highest BCUT2D eigenvalue weighted by molar-refractivity contribution is 5.92. The minimum atomic E-state index is -0.134. The van der Waals surface area contributed by atoms with Gasteiger partial charge >= 0.3 is 0 Å². The molecule has 182 valence electrons. The first-order chi connectivity index (χ1) is 17.0. The smallest absolute Gasteiger partial charge is 0.238 e. The van der Waals surface area contributed by atoms with Gasteiger partial charge in [-0.1, -0.05) is 12.1 Å². The van der Waals surface area contributed by atoms with Crippen LogP contribution in [-0.4, -0.2) is 36.6 Å². The van der Waals surface area contributed by atoms with E-state index in [0.29, 0.717) is 23.0 Å². The lowest BCUT2D eigenvalue weighted by Gasteiger charge is -2.17. The molecule has 0 saturated heterocycles. The topological polar surface area (TPSA) is 121 Å². The van der Waals surface area contributed by atoms with Crippen LogP contribution in [-0.2, 0) is 16.2 Å². The molecule has 0 saturated carbocycles. The van der Waals surface area contributed by atoms with Crippen molar-refractivity contribution < 1.29 is 14.5 Å². The standard InChI is InChI=1S/C25H29N7O3/c1-16-11-19(14-20(12-16)34-3)28-24-25(30-22-10-5-4-9-21(22)29-24)32-35-31-18-8-6-7-17(13-18)27-23(33)15-26-2/h4,6-9,11-14,26,31H,5,10,15H2,1-3H3,(H,27,33)(H,28,29)(H,30,32). The molecule has 10 heteroatoms. The van der Waals surface area contributed by atoms with Gasteiger partial charge in [0.25, 0.3) is 0 Å². The van der Waals surface area contributed by atoms with Crippen LogP contribution in [0.15, 0.2) is 48.5 Å². The molecule has 1 aliphatic rings.